The van der Waals surface area contributed by atoms with Gasteiger partial charge in [-0.3, -0.25) is 4.90 Å². The maximum atomic E-state index is 11.4. The second kappa shape index (κ2) is 7.46. The van der Waals surface area contributed by atoms with E-state index in [2.05, 4.69) is 9.88 Å². The Balaban J connectivity index is 1.76. The van der Waals surface area contributed by atoms with Crippen molar-refractivity contribution in [2.24, 2.45) is 0 Å². The molecule has 1 aromatic heterocycles. The van der Waals surface area contributed by atoms with Gasteiger partial charge in [0.05, 0.1) is 25.9 Å². The average Bonchev–Trinajstić information content (AvgIpc) is 2.61. The van der Waals surface area contributed by atoms with E-state index in [0.717, 1.165) is 32.8 Å². The molecule has 0 saturated carbocycles. The molecule has 0 amide bonds. The second-order valence-electron chi connectivity index (χ2n) is 5.50. The van der Waals surface area contributed by atoms with Crippen LogP contribution >= 0.6 is 0 Å². The summed E-state index contributed by atoms with van der Waals surface area (Å²) in [5, 5.41) is 10.5. The largest absolute Gasteiger partial charge is 0.492 e. The van der Waals surface area contributed by atoms with Gasteiger partial charge in [0.15, 0.2) is 0 Å². The maximum absolute atomic E-state index is 11.4. The van der Waals surface area contributed by atoms with Crippen LogP contribution in [0.1, 0.15) is 10.4 Å². The third-order valence-electron chi connectivity index (χ3n) is 4.03. The lowest BCUT2D eigenvalue weighted by molar-refractivity contribution is 0.0322. The topological polar surface area (TPSA) is 81.1 Å². The molecular weight excluding hydrogens is 312 g/mol. The molecule has 0 aliphatic carbocycles. The van der Waals surface area contributed by atoms with Crippen molar-refractivity contribution < 1.29 is 24.1 Å². The summed E-state index contributed by atoms with van der Waals surface area (Å²) in [6, 6.07) is 5.30. The van der Waals surface area contributed by atoms with E-state index < -0.39 is 5.97 Å². The molecule has 3 rings (SSSR count). The quantitative estimate of drug-likeness (QED) is 0.861. The van der Waals surface area contributed by atoms with Crippen molar-refractivity contribution in [3.8, 4) is 11.6 Å². The van der Waals surface area contributed by atoms with E-state index in [0.29, 0.717) is 29.0 Å². The summed E-state index contributed by atoms with van der Waals surface area (Å²) in [7, 11) is 1.51. The lowest BCUT2D eigenvalue weighted by atomic mass is 10.1. The Morgan fingerprint density at radius 2 is 2.12 bits per heavy atom. The van der Waals surface area contributed by atoms with Gasteiger partial charge in [-0.05, 0) is 18.2 Å². The number of carboxylic acids is 1. The summed E-state index contributed by atoms with van der Waals surface area (Å²) in [5.74, 6) is 0.00185. The van der Waals surface area contributed by atoms with Gasteiger partial charge in [0, 0.05) is 36.6 Å². The van der Waals surface area contributed by atoms with Crippen molar-refractivity contribution in [2.45, 2.75) is 0 Å². The SMILES string of the molecule is COc1ncc(C(=O)O)c2cc(OCCN3CCOCC3)ccc12. The van der Waals surface area contributed by atoms with Crippen LogP contribution in [-0.2, 0) is 4.74 Å². The first-order chi connectivity index (χ1) is 11.7. The highest BCUT2D eigenvalue weighted by atomic mass is 16.5. The molecule has 1 saturated heterocycles. The average molecular weight is 332 g/mol. The molecule has 0 radical (unpaired) electrons. The van der Waals surface area contributed by atoms with Crippen LogP contribution < -0.4 is 9.47 Å². The molecule has 2 heterocycles. The molecule has 1 aromatic carbocycles. The van der Waals surface area contributed by atoms with E-state index in [-0.39, 0.29) is 5.56 Å². The van der Waals surface area contributed by atoms with Crippen LogP contribution in [0.3, 0.4) is 0 Å². The fraction of sp³-hybridized carbons (Fsp3) is 0.412. The summed E-state index contributed by atoms with van der Waals surface area (Å²) in [6.45, 7) is 4.68. The molecule has 1 N–H and O–H groups in total. The van der Waals surface area contributed by atoms with Crippen LogP contribution in [0.25, 0.3) is 10.8 Å². The highest BCUT2D eigenvalue weighted by Gasteiger charge is 2.14. The molecule has 0 bridgehead atoms. The number of fused-ring (bicyclic) bond motifs is 1. The van der Waals surface area contributed by atoms with Crippen molar-refractivity contribution in [1.29, 1.82) is 0 Å². The summed E-state index contributed by atoms with van der Waals surface area (Å²) < 4.78 is 16.3. The summed E-state index contributed by atoms with van der Waals surface area (Å²) in [6.07, 6.45) is 1.31. The monoisotopic (exact) mass is 332 g/mol. The van der Waals surface area contributed by atoms with Gasteiger partial charge in [-0.15, -0.1) is 0 Å². The van der Waals surface area contributed by atoms with Gasteiger partial charge in [-0.1, -0.05) is 0 Å². The molecule has 1 aliphatic rings. The molecule has 128 valence electrons. The molecule has 0 unspecified atom stereocenters. The molecule has 1 fully saturated rings. The van der Waals surface area contributed by atoms with Crippen molar-refractivity contribution in [1.82, 2.24) is 9.88 Å². The Labute approximate surface area is 139 Å². The van der Waals surface area contributed by atoms with Crippen LogP contribution in [0, 0.1) is 0 Å². The number of hydrogen-bond donors (Lipinski definition) is 1. The first-order valence-corrected chi connectivity index (χ1v) is 7.82. The number of pyridine rings is 1. The van der Waals surface area contributed by atoms with Crippen molar-refractivity contribution >= 4 is 16.7 Å². The van der Waals surface area contributed by atoms with Crippen molar-refractivity contribution in [3.05, 3.63) is 30.0 Å². The lowest BCUT2D eigenvalue weighted by Gasteiger charge is -2.26. The molecule has 0 atom stereocenters. The number of ether oxygens (including phenoxy) is 3. The number of benzene rings is 1. The predicted molar refractivity (Wildman–Crippen MR) is 88.0 cm³/mol. The zero-order valence-corrected chi connectivity index (χ0v) is 13.5. The fourth-order valence-corrected chi connectivity index (χ4v) is 2.74. The first-order valence-electron chi connectivity index (χ1n) is 7.82. The fourth-order valence-electron chi connectivity index (χ4n) is 2.74. The van der Waals surface area contributed by atoms with Crippen LogP contribution in [0.4, 0.5) is 0 Å². The maximum Gasteiger partial charge on any atom is 0.337 e. The van der Waals surface area contributed by atoms with E-state index in [4.69, 9.17) is 14.2 Å². The number of nitrogens with zero attached hydrogens (tertiary/aromatic N) is 2. The van der Waals surface area contributed by atoms with Crippen molar-refractivity contribution in [2.75, 3.05) is 46.6 Å². The van der Waals surface area contributed by atoms with Crippen LogP contribution in [-0.4, -0.2) is 67.5 Å². The number of rotatable bonds is 6. The number of aromatic nitrogens is 1. The number of carboxylic acid groups (broad SMARTS) is 1. The van der Waals surface area contributed by atoms with Crippen molar-refractivity contribution in [3.63, 3.8) is 0 Å². The normalized spacial score (nSPS) is 15.4. The summed E-state index contributed by atoms with van der Waals surface area (Å²) >= 11 is 0. The van der Waals surface area contributed by atoms with Gasteiger partial charge in [0.1, 0.15) is 12.4 Å². The zero-order valence-electron chi connectivity index (χ0n) is 13.5. The highest BCUT2D eigenvalue weighted by Crippen LogP contribution is 2.29. The third-order valence-corrected chi connectivity index (χ3v) is 4.03. The predicted octanol–water partition coefficient (Wildman–Crippen LogP) is 1.65. The van der Waals surface area contributed by atoms with Gasteiger partial charge < -0.3 is 19.3 Å². The van der Waals surface area contributed by atoms with E-state index >= 15 is 0 Å². The minimum absolute atomic E-state index is 0.129. The van der Waals surface area contributed by atoms with E-state index in [9.17, 15) is 9.90 Å². The van der Waals surface area contributed by atoms with Gasteiger partial charge in [0.25, 0.3) is 0 Å². The Morgan fingerprint density at radius 1 is 1.33 bits per heavy atom. The Morgan fingerprint density at radius 3 is 2.83 bits per heavy atom. The number of aromatic carboxylic acids is 1. The number of carbonyl (C=O) groups is 1. The summed E-state index contributed by atoms with van der Waals surface area (Å²) in [5.41, 5.74) is 0.129. The molecule has 1 aliphatic heterocycles. The Bertz CT molecular complexity index is 728. The molecule has 7 heteroatoms. The van der Waals surface area contributed by atoms with Crippen LogP contribution in [0.2, 0.25) is 0 Å². The van der Waals surface area contributed by atoms with E-state index in [1.807, 2.05) is 0 Å². The molecule has 0 spiro atoms. The second-order valence-corrected chi connectivity index (χ2v) is 5.50. The van der Waals surface area contributed by atoms with Crippen LogP contribution in [0.5, 0.6) is 11.6 Å². The minimum atomic E-state index is -1.03. The van der Waals surface area contributed by atoms with Gasteiger partial charge in [0.2, 0.25) is 5.88 Å². The molecule has 7 nitrogen and oxygen atoms in total. The third kappa shape index (κ3) is 3.58. The summed E-state index contributed by atoms with van der Waals surface area (Å²) in [4.78, 5) is 17.7. The van der Waals surface area contributed by atoms with Gasteiger partial charge >= 0.3 is 5.97 Å². The standard InChI is InChI=1S/C17H20N2O5/c1-22-16-13-3-2-12(10-14(13)15(11-18-16)17(20)21)24-9-6-19-4-7-23-8-5-19/h2-3,10-11H,4-9H2,1H3,(H,20,21). The van der Waals surface area contributed by atoms with Gasteiger partial charge in [-0.2, -0.15) is 0 Å². The first kappa shape index (κ1) is 16.5. The highest BCUT2D eigenvalue weighted by molar-refractivity contribution is 6.05. The zero-order chi connectivity index (χ0) is 16.9. The molecule has 2 aromatic rings. The minimum Gasteiger partial charge on any atom is -0.492 e. The Kier molecular flexibility index (Phi) is 5.12. The molecular formula is C17H20N2O5. The lowest BCUT2D eigenvalue weighted by Crippen LogP contribution is -2.38. The Hall–Kier alpha value is -2.38. The number of hydrogen-bond acceptors (Lipinski definition) is 6. The molecule has 24 heavy (non-hydrogen) atoms. The van der Waals surface area contributed by atoms with E-state index in [1.165, 1.54) is 13.3 Å². The number of methoxy groups -OCH3 is 1. The van der Waals surface area contributed by atoms with Crippen LogP contribution in [0.15, 0.2) is 24.4 Å². The smallest absolute Gasteiger partial charge is 0.337 e. The van der Waals surface area contributed by atoms with Gasteiger partial charge in [-0.25, -0.2) is 9.78 Å². The number of morpholine rings is 1. The van der Waals surface area contributed by atoms with E-state index in [1.54, 1.807) is 18.2 Å².